The summed E-state index contributed by atoms with van der Waals surface area (Å²) in [6.07, 6.45) is 4.26. The number of fused-ring (bicyclic) bond motifs is 2. The summed E-state index contributed by atoms with van der Waals surface area (Å²) in [5, 5.41) is 7.12. The summed E-state index contributed by atoms with van der Waals surface area (Å²) in [6.45, 7) is 6.10. The molecule has 0 amide bonds. The van der Waals surface area contributed by atoms with Crippen LogP contribution in [0.2, 0.25) is 0 Å². The normalized spacial score (nSPS) is 25.8. The number of hydrogen-bond acceptors (Lipinski definition) is 4. The summed E-state index contributed by atoms with van der Waals surface area (Å²) in [5.74, 6) is 0.873. The summed E-state index contributed by atoms with van der Waals surface area (Å²) in [5.41, 5.74) is 4.06. The molecule has 0 aliphatic carbocycles. The van der Waals surface area contributed by atoms with Crippen molar-refractivity contribution >= 4 is 11.6 Å². The summed E-state index contributed by atoms with van der Waals surface area (Å²) in [7, 11) is 1.85. The molecule has 32 heavy (non-hydrogen) atoms. The second kappa shape index (κ2) is 9.92. The van der Waals surface area contributed by atoms with E-state index in [1.807, 2.05) is 7.05 Å². The molecule has 3 heterocycles. The number of ether oxygens (including phenoxy) is 1. The molecule has 0 saturated carbocycles. The minimum atomic E-state index is 0.348. The Morgan fingerprint density at radius 3 is 2.41 bits per heavy atom. The van der Waals surface area contributed by atoms with Crippen LogP contribution in [-0.4, -0.2) is 62.3 Å². The van der Waals surface area contributed by atoms with Crippen LogP contribution in [-0.2, 0) is 17.8 Å². The first-order valence-electron chi connectivity index (χ1n) is 12.0. The Hall–Kier alpha value is -2.57. The minimum Gasteiger partial charge on any atom is -0.373 e. The summed E-state index contributed by atoms with van der Waals surface area (Å²) in [4.78, 5) is 9.51. The van der Waals surface area contributed by atoms with Crippen molar-refractivity contribution in [1.82, 2.24) is 15.5 Å². The molecule has 6 heteroatoms. The van der Waals surface area contributed by atoms with Crippen LogP contribution in [0.15, 0.2) is 59.6 Å². The molecule has 3 atom stereocenters. The lowest BCUT2D eigenvalue weighted by Crippen LogP contribution is -2.47. The van der Waals surface area contributed by atoms with Gasteiger partial charge in [-0.3, -0.25) is 9.89 Å². The second-order valence-corrected chi connectivity index (χ2v) is 9.15. The molecule has 3 aliphatic heterocycles. The van der Waals surface area contributed by atoms with Crippen molar-refractivity contribution in [1.29, 1.82) is 0 Å². The van der Waals surface area contributed by atoms with E-state index in [-0.39, 0.29) is 0 Å². The number of piperazine rings is 1. The van der Waals surface area contributed by atoms with Crippen LogP contribution in [0.4, 0.5) is 5.69 Å². The zero-order valence-corrected chi connectivity index (χ0v) is 19.0. The maximum absolute atomic E-state index is 5.98. The van der Waals surface area contributed by atoms with Crippen LogP contribution in [0.1, 0.15) is 30.4 Å². The van der Waals surface area contributed by atoms with Crippen molar-refractivity contribution < 1.29 is 4.74 Å². The SMILES string of the molecule is CN=C(NCc1ccccc1CN1CCN(c2ccccc2)CC1)NC1CC2CCC1O2. The van der Waals surface area contributed by atoms with Gasteiger partial charge in [-0.05, 0) is 42.5 Å². The number of guanidine groups is 1. The van der Waals surface area contributed by atoms with Crippen molar-refractivity contribution in [3.8, 4) is 0 Å². The Kier molecular flexibility index (Phi) is 6.60. The Morgan fingerprint density at radius 1 is 0.969 bits per heavy atom. The van der Waals surface area contributed by atoms with Gasteiger partial charge in [-0.15, -0.1) is 0 Å². The topological polar surface area (TPSA) is 52.1 Å². The molecule has 2 bridgehead atoms. The van der Waals surface area contributed by atoms with Crippen molar-refractivity contribution in [2.24, 2.45) is 4.99 Å². The predicted octanol–water partition coefficient (Wildman–Crippen LogP) is 2.99. The van der Waals surface area contributed by atoms with Crippen LogP contribution >= 0.6 is 0 Å². The van der Waals surface area contributed by atoms with Crippen molar-refractivity contribution in [2.75, 3.05) is 38.1 Å². The van der Waals surface area contributed by atoms with Gasteiger partial charge in [-0.1, -0.05) is 42.5 Å². The average Bonchev–Trinajstić information content (AvgIpc) is 3.47. The number of nitrogens with zero attached hydrogens (tertiary/aromatic N) is 3. The van der Waals surface area contributed by atoms with Crippen LogP contribution in [0.25, 0.3) is 0 Å². The molecule has 0 spiro atoms. The Bertz CT molecular complexity index is 909. The minimum absolute atomic E-state index is 0.348. The third-order valence-corrected chi connectivity index (χ3v) is 7.10. The number of benzene rings is 2. The summed E-state index contributed by atoms with van der Waals surface area (Å²) in [6, 6.07) is 19.9. The van der Waals surface area contributed by atoms with Crippen molar-refractivity contribution in [3.05, 3.63) is 65.7 Å². The molecule has 3 unspecified atom stereocenters. The van der Waals surface area contributed by atoms with Gasteiger partial charge >= 0.3 is 0 Å². The number of aliphatic imine (C=N–C) groups is 1. The van der Waals surface area contributed by atoms with Crippen LogP contribution < -0.4 is 15.5 Å². The molecule has 3 aliphatic rings. The van der Waals surface area contributed by atoms with E-state index >= 15 is 0 Å². The zero-order chi connectivity index (χ0) is 21.8. The molecule has 0 aromatic heterocycles. The molecule has 6 nitrogen and oxygen atoms in total. The molecule has 3 fully saturated rings. The van der Waals surface area contributed by atoms with E-state index in [1.54, 1.807) is 0 Å². The maximum Gasteiger partial charge on any atom is 0.191 e. The van der Waals surface area contributed by atoms with Gasteiger partial charge in [0.1, 0.15) is 0 Å². The highest BCUT2D eigenvalue weighted by atomic mass is 16.5. The number of para-hydroxylation sites is 1. The van der Waals surface area contributed by atoms with Gasteiger partial charge in [-0.2, -0.15) is 0 Å². The average molecular weight is 434 g/mol. The van der Waals surface area contributed by atoms with E-state index in [1.165, 1.54) is 29.7 Å². The fraction of sp³-hybridized carbons (Fsp3) is 0.500. The summed E-state index contributed by atoms with van der Waals surface area (Å²) >= 11 is 0. The van der Waals surface area contributed by atoms with Crippen LogP contribution in [0.5, 0.6) is 0 Å². The first kappa shape index (κ1) is 21.3. The van der Waals surface area contributed by atoms with Crippen molar-refractivity contribution in [2.45, 2.75) is 50.6 Å². The smallest absolute Gasteiger partial charge is 0.191 e. The highest BCUT2D eigenvalue weighted by Crippen LogP contribution is 2.34. The molecule has 2 aromatic rings. The first-order chi connectivity index (χ1) is 15.8. The van der Waals surface area contributed by atoms with E-state index in [9.17, 15) is 0 Å². The Balaban J connectivity index is 1.14. The quantitative estimate of drug-likeness (QED) is 0.542. The fourth-order valence-electron chi connectivity index (χ4n) is 5.27. The van der Waals surface area contributed by atoms with E-state index in [2.05, 4.69) is 80.0 Å². The van der Waals surface area contributed by atoms with E-state index in [4.69, 9.17) is 4.74 Å². The molecule has 3 saturated heterocycles. The third-order valence-electron chi connectivity index (χ3n) is 7.10. The van der Waals surface area contributed by atoms with Gasteiger partial charge < -0.3 is 20.3 Å². The predicted molar refractivity (Wildman–Crippen MR) is 130 cm³/mol. The van der Waals surface area contributed by atoms with Gasteiger partial charge in [0.15, 0.2) is 5.96 Å². The third kappa shape index (κ3) is 4.92. The lowest BCUT2D eigenvalue weighted by Gasteiger charge is -2.36. The number of anilines is 1. The van der Waals surface area contributed by atoms with Gasteiger partial charge in [0.25, 0.3) is 0 Å². The lowest BCUT2D eigenvalue weighted by molar-refractivity contribution is 0.0992. The van der Waals surface area contributed by atoms with Gasteiger partial charge in [0.05, 0.1) is 18.2 Å². The number of hydrogen-bond donors (Lipinski definition) is 2. The van der Waals surface area contributed by atoms with Gasteiger partial charge in [0, 0.05) is 52.0 Å². The molecular weight excluding hydrogens is 398 g/mol. The van der Waals surface area contributed by atoms with E-state index in [0.717, 1.165) is 51.6 Å². The lowest BCUT2D eigenvalue weighted by atomic mass is 9.96. The fourth-order valence-corrected chi connectivity index (χ4v) is 5.27. The Morgan fingerprint density at radius 2 is 1.72 bits per heavy atom. The van der Waals surface area contributed by atoms with E-state index < -0.39 is 0 Å². The van der Waals surface area contributed by atoms with Crippen LogP contribution in [0.3, 0.4) is 0 Å². The Labute approximate surface area is 191 Å². The molecule has 170 valence electrons. The number of rotatable bonds is 6. The van der Waals surface area contributed by atoms with Crippen LogP contribution in [0, 0.1) is 0 Å². The highest BCUT2D eigenvalue weighted by Gasteiger charge is 2.41. The van der Waals surface area contributed by atoms with Gasteiger partial charge in [-0.25, -0.2) is 0 Å². The number of nitrogens with one attached hydrogen (secondary N) is 2. The van der Waals surface area contributed by atoms with Crippen molar-refractivity contribution in [3.63, 3.8) is 0 Å². The van der Waals surface area contributed by atoms with Gasteiger partial charge in [0.2, 0.25) is 0 Å². The summed E-state index contributed by atoms with van der Waals surface area (Å²) < 4.78 is 5.98. The first-order valence-corrected chi connectivity index (χ1v) is 12.0. The standard InChI is InChI=1S/C26H35N5O/c1-27-26(29-24-17-23-11-12-25(24)32-23)28-18-20-7-5-6-8-21(20)19-30-13-15-31(16-14-30)22-9-3-2-4-10-22/h2-10,23-25H,11-19H2,1H3,(H2,27,28,29). The maximum atomic E-state index is 5.98. The van der Waals surface area contributed by atoms with E-state index in [0.29, 0.717) is 18.2 Å². The second-order valence-electron chi connectivity index (χ2n) is 9.15. The molecule has 5 rings (SSSR count). The zero-order valence-electron chi connectivity index (χ0n) is 19.0. The largest absolute Gasteiger partial charge is 0.373 e. The molecule has 2 aromatic carbocycles. The molecule has 0 radical (unpaired) electrons. The molecule has 2 N–H and O–H groups in total. The highest BCUT2D eigenvalue weighted by molar-refractivity contribution is 5.80. The monoisotopic (exact) mass is 433 g/mol. The molecular formula is C26H35N5O.